The normalized spacial score (nSPS) is 16.1. The lowest BCUT2D eigenvalue weighted by molar-refractivity contribution is 0.0698. The number of aromatic nitrogens is 4. The molecule has 1 unspecified atom stereocenters. The van der Waals surface area contributed by atoms with Crippen LogP contribution in [0, 0.1) is 27.7 Å². The van der Waals surface area contributed by atoms with E-state index in [1.165, 1.54) is 0 Å². The van der Waals surface area contributed by atoms with Crippen molar-refractivity contribution in [2.24, 2.45) is 14.1 Å². The number of aromatic carboxylic acids is 1. The number of hydrogen-bond acceptors (Lipinski definition) is 4. The van der Waals surface area contributed by atoms with E-state index in [0.29, 0.717) is 41.7 Å². The molecule has 0 saturated heterocycles. The maximum atomic E-state index is 15.0. The number of aryl methyl sites for hydroxylation is 6. The van der Waals surface area contributed by atoms with Gasteiger partial charge in [-0.1, -0.05) is 47.5 Å². The van der Waals surface area contributed by atoms with E-state index in [2.05, 4.69) is 16.7 Å². The third-order valence-corrected chi connectivity index (χ3v) is 11.3. The third kappa shape index (κ3) is 5.17. The molecule has 0 spiro atoms. The molecule has 1 aliphatic heterocycles. The molecular weight excluding hydrogens is 673 g/mol. The van der Waals surface area contributed by atoms with Gasteiger partial charge in [-0.15, -0.1) is 0 Å². The van der Waals surface area contributed by atoms with Gasteiger partial charge in [0.05, 0.1) is 40.6 Å². The number of halogens is 2. The van der Waals surface area contributed by atoms with Gasteiger partial charge >= 0.3 is 5.97 Å². The molecule has 0 saturated carbocycles. The van der Waals surface area contributed by atoms with Gasteiger partial charge in [-0.3, -0.25) is 14.4 Å². The van der Waals surface area contributed by atoms with Crippen molar-refractivity contribution in [1.29, 1.82) is 0 Å². The van der Waals surface area contributed by atoms with Crippen molar-refractivity contribution in [3.8, 4) is 16.9 Å². The van der Waals surface area contributed by atoms with Gasteiger partial charge in [-0.2, -0.15) is 5.10 Å². The fourth-order valence-corrected chi connectivity index (χ4v) is 8.13. The lowest BCUT2D eigenvalue weighted by Gasteiger charge is -2.39. The number of nitrogens with zero attached hydrogens (tertiary/aromatic N) is 5. The minimum Gasteiger partial charge on any atom is -0.494 e. The van der Waals surface area contributed by atoms with Crippen LogP contribution < -0.4 is 9.64 Å². The van der Waals surface area contributed by atoms with E-state index in [4.69, 9.17) is 33.0 Å². The summed E-state index contributed by atoms with van der Waals surface area (Å²) in [7, 11) is 3.73. The standard InChI is InChI=1S/C39H39Cl2N5O4/c1-20-17-25(18-21(2)34(20)40)50-16-10-13-27-26-11-8-12-28(32-22(3)42-44(7)23(32)4)35(26)45-24(5)37(41)46(38(47)36(27)45)31-15-9-14-30-33(31)29(39(48)49)19-43(30)6/h8-9,11-12,14-15,17-19,24,37H,10,13,16H2,1-7H3,(H,48,49)/t24-,37?/m1/s1. The monoisotopic (exact) mass is 711 g/mol. The number of amides is 1. The molecule has 0 aliphatic carbocycles. The van der Waals surface area contributed by atoms with Gasteiger partial charge < -0.3 is 19.0 Å². The maximum Gasteiger partial charge on any atom is 0.337 e. The molecule has 0 bridgehead atoms. The van der Waals surface area contributed by atoms with Crippen LogP contribution in [0.2, 0.25) is 5.02 Å². The summed E-state index contributed by atoms with van der Waals surface area (Å²) >= 11 is 13.7. The molecule has 258 valence electrons. The number of carbonyl (C=O) groups is 2. The van der Waals surface area contributed by atoms with Gasteiger partial charge in [-0.25, -0.2) is 4.79 Å². The highest BCUT2D eigenvalue weighted by molar-refractivity contribution is 6.32. The number of rotatable bonds is 8. The number of carboxylic acid groups (broad SMARTS) is 1. The first-order chi connectivity index (χ1) is 23.8. The van der Waals surface area contributed by atoms with Crippen LogP contribution in [0.1, 0.15) is 68.3 Å². The Kier molecular flexibility index (Phi) is 8.47. The summed E-state index contributed by atoms with van der Waals surface area (Å²) in [5.41, 5.74) is 8.67. The third-order valence-electron chi connectivity index (χ3n) is 10.1. The van der Waals surface area contributed by atoms with Crippen LogP contribution in [-0.2, 0) is 20.5 Å². The Hall–Kier alpha value is -4.73. The van der Waals surface area contributed by atoms with Gasteiger partial charge in [0.15, 0.2) is 0 Å². The van der Waals surface area contributed by atoms with Crippen molar-refractivity contribution in [2.75, 3.05) is 11.5 Å². The fourth-order valence-electron chi connectivity index (χ4n) is 7.71. The van der Waals surface area contributed by atoms with Gasteiger partial charge in [0.2, 0.25) is 0 Å². The number of fused-ring (bicyclic) bond motifs is 4. The fraction of sp³-hybridized carbons (Fsp3) is 0.308. The summed E-state index contributed by atoms with van der Waals surface area (Å²) in [6.45, 7) is 10.4. The molecule has 2 atom stereocenters. The minimum atomic E-state index is -1.07. The highest BCUT2D eigenvalue weighted by Crippen LogP contribution is 2.46. The second-order valence-corrected chi connectivity index (χ2v) is 14.1. The molecule has 1 N–H and O–H groups in total. The summed E-state index contributed by atoms with van der Waals surface area (Å²) in [5, 5.41) is 17.0. The molecule has 6 aromatic rings. The van der Waals surface area contributed by atoms with E-state index >= 15 is 4.79 Å². The number of benzene rings is 3. The first kappa shape index (κ1) is 33.8. The van der Waals surface area contributed by atoms with E-state index in [0.717, 1.165) is 60.9 Å². The molecule has 11 heteroatoms. The Balaban J connectivity index is 1.39. The number of para-hydroxylation sites is 1. The Bertz CT molecular complexity index is 2340. The first-order valence-electron chi connectivity index (χ1n) is 16.7. The zero-order chi connectivity index (χ0) is 35.8. The number of anilines is 1. The number of ether oxygens (including phenoxy) is 1. The number of carbonyl (C=O) groups excluding carboxylic acids is 1. The second-order valence-electron chi connectivity index (χ2n) is 13.3. The van der Waals surface area contributed by atoms with Gasteiger partial charge in [0.25, 0.3) is 5.91 Å². The largest absolute Gasteiger partial charge is 0.494 e. The SMILES string of the molecule is Cc1cc(OCCCc2c3n(c4c(-c5c(C)nn(C)c5C)cccc24)[C@H](C)C(Cl)N(c2cccc4c2c(C(=O)O)cn4C)C3=O)cc(C)c1Cl. The summed E-state index contributed by atoms with van der Waals surface area (Å²) in [6.07, 6.45) is 2.79. The second kappa shape index (κ2) is 12.5. The molecule has 4 heterocycles. The van der Waals surface area contributed by atoms with Crippen molar-refractivity contribution in [2.45, 2.75) is 59.0 Å². The maximum absolute atomic E-state index is 15.0. The lowest BCUT2D eigenvalue weighted by Crippen LogP contribution is -2.48. The van der Waals surface area contributed by atoms with Crippen LogP contribution in [0.5, 0.6) is 5.75 Å². The Labute approximate surface area is 300 Å². The minimum absolute atomic E-state index is 0.114. The Morgan fingerprint density at radius 1 is 1.04 bits per heavy atom. The number of alkyl halides is 1. The molecule has 0 fully saturated rings. The van der Waals surface area contributed by atoms with E-state index in [1.54, 1.807) is 28.8 Å². The highest BCUT2D eigenvalue weighted by atomic mass is 35.5. The molecule has 3 aromatic heterocycles. The van der Waals surface area contributed by atoms with Crippen LogP contribution >= 0.6 is 23.2 Å². The summed E-state index contributed by atoms with van der Waals surface area (Å²) in [5.74, 6) is -0.596. The molecule has 7 rings (SSSR count). The zero-order valence-electron chi connectivity index (χ0n) is 29.1. The molecule has 9 nitrogen and oxygen atoms in total. The van der Waals surface area contributed by atoms with E-state index in [-0.39, 0.29) is 17.5 Å². The van der Waals surface area contributed by atoms with Crippen molar-refractivity contribution in [3.05, 3.63) is 99.1 Å². The quantitative estimate of drug-likeness (QED) is 0.0967. The van der Waals surface area contributed by atoms with Crippen molar-refractivity contribution < 1.29 is 19.4 Å². The smallest absolute Gasteiger partial charge is 0.337 e. The van der Waals surface area contributed by atoms with E-state index < -0.39 is 11.5 Å². The summed E-state index contributed by atoms with van der Waals surface area (Å²) in [6, 6.07) is 15.2. The average molecular weight is 713 g/mol. The van der Waals surface area contributed by atoms with E-state index in [1.807, 2.05) is 76.7 Å². The van der Waals surface area contributed by atoms with Crippen LogP contribution in [0.25, 0.3) is 32.9 Å². The van der Waals surface area contributed by atoms with Gasteiger partial charge in [-0.05, 0) is 88.4 Å². The van der Waals surface area contributed by atoms with Gasteiger partial charge in [0, 0.05) is 52.9 Å². The molecule has 1 amide bonds. The Morgan fingerprint density at radius 3 is 2.40 bits per heavy atom. The topological polar surface area (TPSA) is 94.5 Å². The van der Waals surface area contributed by atoms with Crippen LogP contribution in [0.15, 0.2) is 54.7 Å². The summed E-state index contributed by atoms with van der Waals surface area (Å²) < 4.78 is 11.9. The predicted octanol–water partition coefficient (Wildman–Crippen LogP) is 8.92. The average Bonchev–Trinajstić information content (AvgIpc) is 3.69. The number of carboxylic acids is 1. The van der Waals surface area contributed by atoms with Crippen LogP contribution in [0.4, 0.5) is 5.69 Å². The highest BCUT2D eigenvalue weighted by Gasteiger charge is 2.42. The van der Waals surface area contributed by atoms with Crippen LogP contribution in [-0.4, -0.2) is 48.0 Å². The summed E-state index contributed by atoms with van der Waals surface area (Å²) in [4.78, 5) is 29.0. The van der Waals surface area contributed by atoms with E-state index in [9.17, 15) is 9.90 Å². The molecule has 50 heavy (non-hydrogen) atoms. The first-order valence-corrected chi connectivity index (χ1v) is 17.5. The molecule has 0 radical (unpaired) electrons. The molecule has 1 aliphatic rings. The van der Waals surface area contributed by atoms with Crippen LogP contribution in [0.3, 0.4) is 0 Å². The predicted molar refractivity (Wildman–Crippen MR) is 199 cm³/mol. The number of hydrogen-bond donors (Lipinski definition) is 1. The zero-order valence-corrected chi connectivity index (χ0v) is 30.6. The molecular formula is C39H39Cl2N5O4. The lowest BCUT2D eigenvalue weighted by atomic mass is 9.98. The Morgan fingerprint density at radius 2 is 1.74 bits per heavy atom. The van der Waals surface area contributed by atoms with Crippen molar-refractivity contribution in [3.63, 3.8) is 0 Å². The van der Waals surface area contributed by atoms with Crippen molar-refractivity contribution in [1.82, 2.24) is 18.9 Å². The molecule has 3 aromatic carbocycles. The van der Waals surface area contributed by atoms with Crippen molar-refractivity contribution >= 4 is 62.6 Å². The van der Waals surface area contributed by atoms with Gasteiger partial charge in [0.1, 0.15) is 16.9 Å².